The van der Waals surface area contributed by atoms with Gasteiger partial charge < -0.3 is 14.7 Å². The van der Waals surface area contributed by atoms with Crippen LogP contribution in [0.5, 0.6) is 0 Å². The Labute approximate surface area is 175 Å². The molecule has 1 atom stereocenters. The second-order valence-corrected chi connectivity index (χ2v) is 8.52. The van der Waals surface area contributed by atoms with Gasteiger partial charge in [0.15, 0.2) is 0 Å². The van der Waals surface area contributed by atoms with Crippen LogP contribution in [0.4, 0.5) is 0 Å². The zero-order valence-electron chi connectivity index (χ0n) is 16.2. The van der Waals surface area contributed by atoms with Crippen molar-refractivity contribution in [2.24, 2.45) is 5.92 Å². The van der Waals surface area contributed by atoms with E-state index >= 15 is 0 Å². The number of amides is 3. The summed E-state index contributed by atoms with van der Waals surface area (Å²) in [5.41, 5.74) is 0.396. The van der Waals surface area contributed by atoms with E-state index in [2.05, 4.69) is 0 Å². The van der Waals surface area contributed by atoms with Crippen LogP contribution in [0.15, 0.2) is 18.2 Å². The fourth-order valence-electron chi connectivity index (χ4n) is 4.03. The van der Waals surface area contributed by atoms with Crippen LogP contribution in [0.2, 0.25) is 10.0 Å². The van der Waals surface area contributed by atoms with Crippen molar-refractivity contribution >= 4 is 40.9 Å². The van der Waals surface area contributed by atoms with Crippen molar-refractivity contribution in [1.29, 1.82) is 0 Å². The number of carbonyl (C=O) groups excluding carboxylic acids is 3. The first-order valence-electron chi connectivity index (χ1n) is 9.55. The number of hydrogen-bond donors (Lipinski definition) is 0. The lowest BCUT2D eigenvalue weighted by Crippen LogP contribution is -2.51. The van der Waals surface area contributed by atoms with Gasteiger partial charge in [0.05, 0.1) is 0 Å². The van der Waals surface area contributed by atoms with E-state index < -0.39 is 6.04 Å². The third-order valence-electron chi connectivity index (χ3n) is 5.50. The lowest BCUT2D eigenvalue weighted by Gasteiger charge is -2.35. The predicted molar refractivity (Wildman–Crippen MR) is 109 cm³/mol. The second-order valence-electron chi connectivity index (χ2n) is 7.65. The SMILES string of the molecule is CN(C)C(=O)C1CCN(C(=O)[C@H]2CCCN2C(=O)c2cc(Cl)cc(Cl)c2)CC1. The van der Waals surface area contributed by atoms with Crippen molar-refractivity contribution in [2.45, 2.75) is 31.7 Å². The van der Waals surface area contributed by atoms with E-state index in [9.17, 15) is 14.4 Å². The number of rotatable bonds is 3. The second kappa shape index (κ2) is 8.70. The number of likely N-dealkylation sites (tertiary alicyclic amines) is 2. The molecule has 0 bridgehead atoms. The highest BCUT2D eigenvalue weighted by atomic mass is 35.5. The van der Waals surface area contributed by atoms with Crippen molar-refractivity contribution in [3.8, 4) is 0 Å². The number of piperidine rings is 1. The van der Waals surface area contributed by atoms with E-state index in [0.29, 0.717) is 54.5 Å². The molecule has 0 aliphatic carbocycles. The number of halogens is 2. The standard InChI is InChI=1S/C20H25Cl2N3O3/c1-23(2)18(26)13-5-8-24(9-6-13)20(28)17-4-3-7-25(17)19(27)14-10-15(21)12-16(22)11-14/h10-13,17H,3-9H2,1-2H3/t17-/m1/s1. The fourth-order valence-corrected chi connectivity index (χ4v) is 4.56. The lowest BCUT2D eigenvalue weighted by atomic mass is 9.95. The Kier molecular flexibility index (Phi) is 6.50. The van der Waals surface area contributed by atoms with Crippen molar-refractivity contribution in [1.82, 2.24) is 14.7 Å². The fraction of sp³-hybridized carbons (Fsp3) is 0.550. The first-order chi connectivity index (χ1) is 13.3. The maximum absolute atomic E-state index is 13.1. The van der Waals surface area contributed by atoms with E-state index in [4.69, 9.17) is 23.2 Å². The molecule has 2 aliphatic heterocycles. The number of nitrogens with zero attached hydrogens (tertiary/aromatic N) is 3. The summed E-state index contributed by atoms with van der Waals surface area (Å²) >= 11 is 12.0. The van der Waals surface area contributed by atoms with Crippen LogP contribution in [0, 0.1) is 5.92 Å². The van der Waals surface area contributed by atoms with Crippen molar-refractivity contribution in [2.75, 3.05) is 33.7 Å². The van der Waals surface area contributed by atoms with Gasteiger partial charge in [-0.25, -0.2) is 0 Å². The highest BCUT2D eigenvalue weighted by Gasteiger charge is 2.38. The lowest BCUT2D eigenvalue weighted by molar-refractivity contribution is -0.141. The molecule has 3 rings (SSSR count). The van der Waals surface area contributed by atoms with Gasteiger partial charge >= 0.3 is 0 Å². The maximum atomic E-state index is 13.1. The summed E-state index contributed by atoms with van der Waals surface area (Å²) in [5.74, 6) is -0.177. The molecule has 2 fully saturated rings. The van der Waals surface area contributed by atoms with Crippen LogP contribution in [-0.2, 0) is 9.59 Å². The van der Waals surface area contributed by atoms with Gasteiger partial charge in [-0.1, -0.05) is 23.2 Å². The summed E-state index contributed by atoms with van der Waals surface area (Å²) in [6.45, 7) is 1.63. The monoisotopic (exact) mass is 425 g/mol. The minimum Gasteiger partial charge on any atom is -0.349 e. The topological polar surface area (TPSA) is 60.9 Å². The molecular weight excluding hydrogens is 401 g/mol. The quantitative estimate of drug-likeness (QED) is 0.747. The molecule has 0 unspecified atom stereocenters. The highest BCUT2D eigenvalue weighted by molar-refractivity contribution is 6.35. The number of hydrogen-bond acceptors (Lipinski definition) is 3. The average molecular weight is 426 g/mol. The third-order valence-corrected chi connectivity index (χ3v) is 5.94. The van der Waals surface area contributed by atoms with Gasteiger partial charge in [-0.15, -0.1) is 0 Å². The van der Waals surface area contributed by atoms with E-state index in [1.807, 2.05) is 0 Å². The molecule has 6 nitrogen and oxygen atoms in total. The summed E-state index contributed by atoms with van der Waals surface area (Å²) in [5, 5.41) is 0.788. The zero-order chi connectivity index (χ0) is 20.4. The largest absolute Gasteiger partial charge is 0.349 e. The molecule has 0 aromatic heterocycles. The summed E-state index contributed by atoms with van der Waals surface area (Å²) in [6.07, 6.45) is 2.75. The summed E-state index contributed by atoms with van der Waals surface area (Å²) in [7, 11) is 3.51. The van der Waals surface area contributed by atoms with Crippen LogP contribution in [-0.4, -0.2) is 72.2 Å². The Morgan fingerprint density at radius 2 is 1.57 bits per heavy atom. The molecule has 0 N–H and O–H groups in total. The highest BCUT2D eigenvalue weighted by Crippen LogP contribution is 2.27. The average Bonchev–Trinajstić information content (AvgIpc) is 3.15. The van der Waals surface area contributed by atoms with E-state index in [1.54, 1.807) is 47.0 Å². The van der Waals surface area contributed by atoms with Crippen molar-refractivity contribution < 1.29 is 14.4 Å². The molecule has 0 radical (unpaired) electrons. The third kappa shape index (κ3) is 4.44. The molecule has 3 amide bonds. The van der Waals surface area contributed by atoms with Gasteiger partial charge in [-0.05, 0) is 43.9 Å². The molecule has 0 spiro atoms. The van der Waals surface area contributed by atoms with Crippen molar-refractivity contribution in [3.05, 3.63) is 33.8 Å². The molecule has 2 aliphatic rings. The normalized spacial score (nSPS) is 20.4. The predicted octanol–water partition coefficient (Wildman–Crippen LogP) is 2.92. The Bertz CT molecular complexity index is 756. The van der Waals surface area contributed by atoms with Crippen LogP contribution in [0.3, 0.4) is 0 Å². The van der Waals surface area contributed by atoms with Crippen LogP contribution in [0.25, 0.3) is 0 Å². The Hall–Kier alpha value is -1.79. The van der Waals surface area contributed by atoms with Gasteiger partial charge in [0, 0.05) is 55.3 Å². The van der Waals surface area contributed by atoms with Gasteiger partial charge in [-0.3, -0.25) is 14.4 Å². The minimum absolute atomic E-state index is 0.0327. The van der Waals surface area contributed by atoms with Gasteiger partial charge in [-0.2, -0.15) is 0 Å². The van der Waals surface area contributed by atoms with E-state index in [-0.39, 0.29) is 23.6 Å². The van der Waals surface area contributed by atoms with Crippen LogP contribution >= 0.6 is 23.2 Å². The smallest absolute Gasteiger partial charge is 0.254 e. The summed E-state index contributed by atoms with van der Waals surface area (Å²) in [4.78, 5) is 43.2. The van der Waals surface area contributed by atoms with Gasteiger partial charge in [0.2, 0.25) is 11.8 Å². The van der Waals surface area contributed by atoms with Crippen LogP contribution in [0.1, 0.15) is 36.0 Å². The molecule has 1 aromatic carbocycles. The molecule has 2 saturated heterocycles. The Balaban J connectivity index is 1.67. The molecule has 8 heteroatoms. The molecule has 1 aromatic rings. The Morgan fingerprint density at radius 1 is 0.964 bits per heavy atom. The summed E-state index contributed by atoms with van der Waals surface area (Å²) in [6, 6.07) is 4.26. The first-order valence-corrected chi connectivity index (χ1v) is 10.3. The van der Waals surface area contributed by atoms with Gasteiger partial charge in [0.1, 0.15) is 6.04 Å². The minimum atomic E-state index is -0.466. The van der Waals surface area contributed by atoms with Gasteiger partial charge in [0.25, 0.3) is 5.91 Å². The molecular formula is C20H25Cl2N3O3. The van der Waals surface area contributed by atoms with Crippen LogP contribution < -0.4 is 0 Å². The number of benzene rings is 1. The summed E-state index contributed by atoms with van der Waals surface area (Å²) < 4.78 is 0. The first kappa shape index (κ1) is 20.9. The molecule has 28 heavy (non-hydrogen) atoms. The number of carbonyl (C=O) groups is 3. The van der Waals surface area contributed by atoms with Crippen molar-refractivity contribution in [3.63, 3.8) is 0 Å². The van der Waals surface area contributed by atoms with E-state index in [1.165, 1.54) is 0 Å². The molecule has 152 valence electrons. The Morgan fingerprint density at radius 3 is 2.14 bits per heavy atom. The maximum Gasteiger partial charge on any atom is 0.254 e. The zero-order valence-corrected chi connectivity index (χ0v) is 17.7. The molecule has 0 saturated carbocycles. The van der Waals surface area contributed by atoms with E-state index in [0.717, 1.165) is 6.42 Å². The molecule has 2 heterocycles.